The molecule has 0 bridgehead atoms. The first kappa shape index (κ1) is 8.41. The van der Waals surface area contributed by atoms with Crippen molar-refractivity contribution in [2.75, 3.05) is 5.73 Å². The van der Waals surface area contributed by atoms with Crippen LogP contribution in [0.15, 0.2) is 0 Å². The smallest absolute Gasteiger partial charge is 0.223 e. The highest BCUT2D eigenvalue weighted by molar-refractivity contribution is 5.23. The molecule has 1 aromatic heterocycles. The number of nitrogens with two attached hydrogens (primary N) is 1. The quantitative estimate of drug-likeness (QED) is 0.735. The molecule has 4 nitrogen and oxygen atoms in total. The van der Waals surface area contributed by atoms with E-state index in [1.807, 2.05) is 6.92 Å². The van der Waals surface area contributed by atoms with E-state index in [4.69, 9.17) is 5.73 Å². The van der Waals surface area contributed by atoms with E-state index < -0.39 is 0 Å². The van der Waals surface area contributed by atoms with Crippen molar-refractivity contribution in [3.8, 4) is 0 Å². The number of nitrogens with zero attached hydrogens (tertiary/aromatic N) is 3. The van der Waals surface area contributed by atoms with Gasteiger partial charge >= 0.3 is 0 Å². The fourth-order valence-corrected chi connectivity index (χ4v) is 1.28. The number of hydrogen-bond donors (Lipinski definition) is 1. The zero-order valence-corrected chi connectivity index (χ0v) is 8.04. The van der Waals surface area contributed by atoms with Gasteiger partial charge in [-0.15, -0.1) is 0 Å². The molecular weight excluding hydrogens is 164 g/mol. The van der Waals surface area contributed by atoms with Crippen LogP contribution >= 0.6 is 0 Å². The molecule has 2 N–H and O–H groups in total. The Morgan fingerprint density at radius 2 is 2.00 bits per heavy atom. The Hall–Kier alpha value is -1.19. The van der Waals surface area contributed by atoms with Crippen LogP contribution < -0.4 is 5.73 Å². The van der Waals surface area contributed by atoms with Crippen LogP contribution in [0.3, 0.4) is 0 Å². The average molecular weight is 178 g/mol. The summed E-state index contributed by atoms with van der Waals surface area (Å²) < 4.78 is 0. The summed E-state index contributed by atoms with van der Waals surface area (Å²) in [5.74, 6) is 2.03. The van der Waals surface area contributed by atoms with Gasteiger partial charge in [-0.2, -0.15) is 9.97 Å². The van der Waals surface area contributed by atoms with Crippen molar-refractivity contribution >= 4 is 5.95 Å². The lowest BCUT2D eigenvalue weighted by Gasteiger charge is -2.07. The Kier molecular flexibility index (Phi) is 1.71. The Labute approximate surface area is 77.6 Å². The van der Waals surface area contributed by atoms with Crippen molar-refractivity contribution in [2.45, 2.75) is 38.5 Å². The Morgan fingerprint density at radius 1 is 1.31 bits per heavy atom. The van der Waals surface area contributed by atoms with Gasteiger partial charge in [0.15, 0.2) is 0 Å². The molecule has 2 rings (SSSR count). The standard InChI is InChI=1S/C9H14N4/c1-3-6-11-7(9(2)4-5-9)13-8(10)12-6/h3-5H2,1-2H3,(H2,10,11,12,13). The molecule has 0 aromatic carbocycles. The second kappa shape index (κ2) is 2.65. The van der Waals surface area contributed by atoms with Gasteiger partial charge in [0.25, 0.3) is 0 Å². The molecule has 1 aromatic rings. The van der Waals surface area contributed by atoms with E-state index in [9.17, 15) is 0 Å². The molecule has 1 fully saturated rings. The molecule has 70 valence electrons. The number of aromatic nitrogens is 3. The number of rotatable bonds is 2. The van der Waals surface area contributed by atoms with Crippen molar-refractivity contribution in [3.63, 3.8) is 0 Å². The summed E-state index contributed by atoms with van der Waals surface area (Å²) in [5.41, 5.74) is 5.78. The topological polar surface area (TPSA) is 64.7 Å². The lowest BCUT2D eigenvalue weighted by atomic mass is 10.1. The lowest BCUT2D eigenvalue weighted by molar-refractivity contribution is 0.685. The molecule has 4 heteroatoms. The van der Waals surface area contributed by atoms with Gasteiger partial charge < -0.3 is 5.73 Å². The molecule has 1 saturated carbocycles. The lowest BCUT2D eigenvalue weighted by Crippen LogP contribution is -2.12. The third-order valence-electron chi connectivity index (χ3n) is 2.56. The molecule has 0 radical (unpaired) electrons. The number of anilines is 1. The predicted octanol–water partition coefficient (Wildman–Crippen LogP) is 1.07. The molecule has 1 aliphatic rings. The molecular formula is C9H14N4. The average Bonchev–Trinajstić information content (AvgIpc) is 2.84. The summed E-state index contributed by atoms with van der Waals surface area (Å²) in [6, 6.07) is 0. The second-order valence-corrected chi connectivity index (χ2v) is 3.85. The minimum atomic E-state index is 0.182. The predicted molar refractivity (Wildman–Crippen MR) is 50.2 cm³/mol. The van der Waals surface area contributed by atoms with Gasteiger partial charge in [-0.25, -0.2) is 4.98 Å². The van der Waals surface area contributed by atoms with E-state index in [2.05, 4.69) is 21.9 Å². The molecule has 1 aliphatic carbocycles. The molecule has 0 unspecified atom stereocenters. The number of nitrogen functional groups attached to an aromatic ring is 1. The molecule has 0 spiro atoms. The summed E-state index contributed by atoms with van der Waals surface area (Å²) in [4.78, 5) is 12.6. The number of aryl methyl sites for hydroxylation is 1. The van der Waals surface area contributed by atoms with E-state index in [1.54, 1.807) is 0 Å². The first-order valence-electron chi connectivity index (χ1n) is 4.65. The van der Waals surface area contributed by atoms with E-state index in [1.165, 1.54) is 12.8 Å². The van der Waals surface area contributed by atoms with Crippen LogP contribution in [0.25, 0.3) is 0 Å². The Bertz CT molecular complexity index is 330. The molecule has 13 heavy (non-hydrogen) atoms. The van der Waals surface area contributed by atoms with Crippen LogP contribution in [0, 0.1) is 0 Å². The summed E-state index contributed by atoms with van der Waals surface area (Å²) in [5, 5.41) is 0. The normalized spacial score (nSPS) is 18.6. The van der Waals surface area contributed by atoms with E-state index in [-0.39, 0.29) is 5.41 Å². The van der Waals surface area contributed by atoms with Crippen LogP contribution in [0.1, 0.15) is 38.3 Å². The molecule has 0 saturated heterocycles. The van der Waals surface area contributed by atoms with Crippen molar-refractivity contribution in [1.29, 1.82) is 0 Å². The van der Waals surface area contributed by atoms with Crippen LogP contribution in [0.2, 0.25) is 0 Å². The van der Waals surface area contributed by atoms with Gasteiger partial charge in [0.2, 0.25) is 5.95 Å². The molecule has 0 amide bonds. The fraction of sp³-hybridized carbons (Fsp3) is 0.667. The van der Waals surface area contributed by atoms with Gasteiger partial charge in [0, 0.05) is 11.8 Å². The van der Waals surface area contributed by atoms with Crippen LogP contribution in [-0.2, 0) is 11.8 Å². The molecule has 0 aliphatic heterocycles. The summed E-state index contributed by atoms with van der Waals surface area (Å²) in [6.45, 7) is 4.19. The van der Waals surface area contributed by atoms with E-state index in [0.717, 1.165) is 18.1 Å². The molecule has 0 atom stereocenters. The molecule has 1 heterocycles. The third kappa shape index (κ3) is 1.48. The van der Waals surface area contributed by atoms with Gasteiger partial charge in [-0.05, 0) is 12.8 Å². The number of hydrogen-bond acceptors (Lipinski definition) is 4. The van der Waals surface area contributed by atoms with Crippen LogP contribution in [0.4, 0.5) is 5.95 Å². The van der Waals surface area contributed by atoms with E-state index in [0.29, 0.717) is 5.95 Å². The monoisotopic (exact) mass is 178 g/mol. The Balaban J connectivity index is 2.40. The second-order valence-electron chi connectivity index (χ2n) is 3.85. The first-order chi connectivity index (χ1) is 6.14. The zero-order chi connectivity index (χ0) is 9.47. The highest BCUT2D eigenvalue weighted by atomic mass is 15.1. The highest BCUT2D eigenvalue weighted by Gasteiger charge is 2.42. The van der Waals surface area contributed by atoms with Gasteiger partial charge in [-0.3, -0.25) is 0 Å². The van der Waals surface area contributed by atoms with Crippen molar-refractivity contribution in [1.82, 2.24) is 15.0 Å². The Morgan fingerprint density at radius 3 is 2.54 bits per heavy atom. The van der Waals surface area contributed by atoms with Crippen molar-refractivity contribution in [2.24, 2.45) is 0 Å². The summed E-state index contributed by atoms with van der Waals surface area (Å²) in [6.07, 6.45) is 3.15. The largest absolute Gasteiger partial charge is 0.368 e. The minimum Gasteiger partial charge on any atom is -0.368 e. The highest BCUT2D eigenvalue weighted by Crippen LogP contribution is 2.45. The maximum atomic E-state index is 5.60. The summed E-state index contributed by atoms with van der Waals surface area (Å²) >= 11 is 0. The van der Waals surface area contributed by atoms with Gasteiger partial charge in [0.05, 0.1) is 0 Å². The van der Waals surface area contributed by atoms with Gasteiger partial charge in [0.1, 0.15) is 11.6 Å². The third-order valence-corrected chi connectivity index (χ3v) is 2.56. The maximum absolute atomic E-state index is 5.60. The maximum Gasteiger partial charge on any atom is 0.223 e. The van der Waals surface area contributed by atoms with E-state index >= 15 is 0 Å². The van der Waals surface area contributed by atoms with Gasteiger partial charge in [-0.1, -0.05) is 13.8 Å². The fourth-order valence-electron chi connectivity index (χ4n) is 1.28. The van der Waals surface area contributed by atoms with Crippen molar-refractivity contribution in [3.05, 3.63) is 11.6 Å². The zero-order valence-electron chi connectivity index (χ0n) is 8.04. The SMILES string of the molecule is CCc1nc(N)nc(C2(C)CC2)n1. The first-order valence-corrected chi connectivity index (χ1v) is 4.65. The minimum absolute atomic E-state index is 0.182. The van der Waals surface area contributed by atoms with Crippen LogP contribution in [0.5, 0.6) is 0 Å². The van der Waals surface area contributed by atoms with Crippen molar-refractivity contribution < 1.29 is 0 Å². The summed E-state index contributed by atoms with van der Waals surface area (Å²) in [7, 11) is 0. The van der Waals surface area contributed by atoms with Crippen LogP contribution in [-0.4, -0.2) is 15.0 Å².